The standard InChI is InChI=1S/C37H49N5O9S/c43-32-31-20-28(51-36(47)41-19-18-24-10-6-7-11-25(24)22-41)23-42(31)33(44)30(38-35(46)50-27-13-8-9-14-27)15-5-3-1-2-4-12-26-21-37(26,39-32)34(45)40-52(48,49)29-16-17-29/h4,6-7,10-12,26-31H,1-3,5,8-9,13-23H2,(H,38,46)(H,39,43)(H,40,45)/t26-,28-,30+,31+,37-/m1/s1. The quantitative estimate of drug-likeness (QED) is 0.370. The zero-order valence-corrected chi connectivity index (χ0v) is 30.2. The third kappa shape index (κ3) is 8.08. The van der Waals surface area contributed by atoms with Crippen LogP contribution in [0.25, 0.3) is 0 Å². The normalized spacial score (nSPS) is 29.8. The second-order valence-corrected chi connectivity index (χ2v) is 17.2. The zero-order valence-electron chi connectivity index (χ0n) is 29.4. The minimum absolute atomic E-state index is 0.0362. The van der Waals surface area contributed by atoms with Crippen molar-refractivity contribution in [1.29, 1.82) is 0 Å². The van der Waals surface area contributed by atoms with Crippen LogP contribution in [0.2, 0.25) is 0 Å². The number of nitrogens with one attached hydrogen (secondary N) is 3. The summed E-state index contributed by atoms with van der Waals surface area (Å²) in [4.78, 5) is 71.7. The lowest BCUT2D eigenvalue weighted by molar-refractivity contribution is -0.141. The van der Waals surface area contributed by atoms with Gasteiger partial charge < -0.3 is 29.9 Å². The number of carbonyl (C=O) groups excluding carboxylic acids is 5. The number of alkyl carbamates (subject to hydrolysis) is 1. The Bertz CT molecular complexity index is 1710. The molecule has 1 aromatic rings. The molecule has 4 fully saturated rings. The maximum atomic E-state index is 14.4. The van der Waals surface area contributed by atoms with Crippen molar-refractivity contribution in [3.63, 3.8) is 0 Å². The monoisotopic (exact) mass is 739 g/mol. The van der Waals surface area contributed by atoms with Crippen molar-refractivity contribution in [2.24, 2.45) is 5.92 Å². The van der Waals surface area contributed by atoms with Gasteiger partial charge in [-0.3, -0.25) is 19.1 Å². The van der Waals surface area contributed by atoms with Crippen molar-refractivity contribution in [3.8, 4) is 0 Å². The van der Waals surface area contributed by atoms with E-state index in [1.807, 2.05) is 36.4 Å². The number of benzene rings is 1. The van der Waals surface area contributed by atoms with E-state index in [0.717, 1.165) is 44.1 Å². The number of allylic oxidation sites excluding steroid dienone is 1. The highest BCUT2D eigenvalue weighted by Crippen LogP contribution is 2.46. The molecular weight excluding hydrogens is 690 g/mol. The third-order valence-electron chi connectivity index (χ3n) is 11.4. The van der Waals surface area contributed by atoms with Gasteiger partial charge >= 0.3 is 12.2 Å². The Balaban J connectivity index is 1.12. The zero-order chi connectivity index (χ0) is 36.5. The number of nitrogens with zero attached hydrogens (tertiary/aromatic N) is 2. The van der Waals surface area contributed by atoms with Crippen LogP contribution in [0.3, 0.4) is 0 Å². The van der Waals surface area contributed by atoms with Gasteiger partial charge in [0.2, 0.25) is 21.8 Å². The fourth-order valence-corrected chi connectivity index (χ4v) is 9.41. The molecule has 5 atom stereocenters. The van der Waals surface area contributed by atoms with Crippen molar-refractivity contribution in [3.05, 3.63) is 47.5 Å². The lowest BCUT2D eigenvalue weighted by Gasteiger charge is -2.30. The molecule has 3 saturated carbocycles. The molecule has 3 aliphatic heterocycles. The Morgan fingerprint density at radius 2 is 1.65 bits per heavy atom. The Hall–Kier alpha value is -4.14. The summed E-state index contributed by atoms with van der Waals surface area (Å²) in [7, 11) is -3.89. The summed E-state index contributed by atoms with van der Waals surface area (Å²) in [5.74, 6) is -2.40. The number of hydrogen-bond acceptors (Lipinski definition) is 9. The van der Waals surface area contributed by atoms with E-state index in [2.05, 4.69) is 15.4 Å². The second kappa shape index (κ2) is 15.1. The minimum Gasteiger partial charge on any atom is -0.446 e. The second-order valence-electron chi connectivity index (χ2n) is 15.2. The molecule has 6 aliphatic rings. The molecule has 0 radical (unpaired) electrons. The molecule has 7 rings (SSSR count). The first kappa shape index (κ1) is 36.2. The van der Waals surface area contributed by atoms with E-state index in [1.54, 1.807) is 4.90 Å². The Morgan fingerprint density at radius 3 is 2.42 bits per heavy atom. The predicted octanol–water partition coefficient (Wildman–Crippen LogP) is 3.19. The molecule has 14 nitrogen and oxygen atoms in total. The number of hydrogen-bond donors (Lipinski definition) is 3. The lowest BCUT2D eigenvalue weighted by atomic mass is 10.0. The van der Waals surface area contributed by atoms with E-state index in [4.69, 9.17) is 9.47 Å². The van der Waals surface area contributed by atoms with Crippen LogP contribution in [0.1, 0.15) is 94.6 Å². The summed E-state index contributed by atoms with van der Waals surface area (Å²) in [5.41, 5.74) is 0.683. The predicted molar refractivity (Wildman–Crippen MR) is 188 cm³/mol. The largest absolute Gasteiger partial charge is 0.446 e. The summed E-state index contributed by atoms with van der Waals surface area (Å²) in [6.45, 7) is 0.738. The van der Waals surface area contributed by atoms with Gasteiger partial charge in [0, 0.05) is 25.4 Å². The molecule has 0 aromatic heterocycles. The molecule has 1 saturated heterocycles. The molecule has 3 N–H and O–H groups in total. The molecule has 5 amide bonds. The van der Waals surface area contributed by atoms with Gasteiger partial charge in [0.05, 0.1) is 11.8 Å². The van der Waals surface area contributed by atoms with Crippen molar-refractivity contribution in [2.45, 2.75) is 132 Å². The first-order valence-corrected chi connectivity index (χ1v) is 20.4. The van der Waals surface area contributed by atoms with E-state index in [9.17, 15) is 32.4 Å². The van der Waals surface area contributed by atoms with E-state index >= 15 is 0 Å². The van der Waals surface area contributed by atoms with Crippen molar-refractivity contribution in [1.82, 2.24) is 25.2 Å². The van der Waals surface area contributed by atoms with Gasteiger partial charge in [-0.1, -0.05) is 49.3 Å². The fourth-order valence-electron chi connectivity index (χ4n) is 8.05. The molecule has 1 aromatic carbocycles. The molecule has 15 heteroatoms. The first-order chi connectivity index (χ1) is 25.0. The van der Waals surface area contributed by atoms with Crippen LogP contribution in [-0.4, -0.2) is 96.3 Å². The van der Waals surface area contributed by atoms with Crippen LogP contribution in [0.15, 0.2) is 36.4 Å². The van der Waals surface area contributed by atoms with Crippen LogP contribution in [0, 0.1) is 5.92 Å². The van der Waals surface area contributed by atoms with Crippen LogP contribution < -0.4 is 15.4 Å². The molecule has 3 heterocycles. The summed E-state index contributed by atoms with van der Waals surface area (Å²) < 4.78 is 39.3. The van der Waals surface area contributed by atoms with Crippen molar-refractivity contribution >= 4 is 39.9 Å². The molecule has 0 unspecified atom stereocenters. The summed E-state index contributed by atoms with van der Waals surface area (Å²) in [6, 6.07) is 5.74. The van der Waals surface area contributed by atoms with Crippen molar-refractivity contribution in [2.75, 3.05) is 13.1 Å². The summed E-state index contributed by atoms with van der Waals surface area (Å²) in [6.07, 6.45) is 9.95. The molecular formula is C37H49N5O9S. The smallest absolute Gasteiger partial charge is 0.410 e. The maximum Gasteiger partial charge on any atom is 0.410 e. The van der Waals surface area contributed by atoms with Crippen LogP contribution in [-0.2, 0) is 46.8 Å². The summed E-state index contributed by atoms with van der Waals surface area (Å²) in [5, 5.41) is 4.98. The first-order valence-electron chi connectivity index (χ1n) is 18.9. The topological polar surface area (TPSA) is 181 Å². The van der Waals surface area contributed by atoms with E-state index in [1.165, 1.54) is 10.5 Å². The van der Waals surface area contributed by atoms with E-state index in [-0.39, 0.29) is 25.5 Å². The Labute approximate surface area is 304 Å². The van der Waals surface area contributed by atoms with Gasteiger partial charge in [-0.25, -0.2) is 18.0 Å². The SMILES string of the molecule is O=C(N[C@H]1CCCCCC=C[C@@H]2C[C@@]2(C(=O)NS(=O)(=O)C2CC2)NC(=O)[C@@H]2C[C@@H](OC(=O)N3CCc4ccccc4C3)CN2C1=O)OC1CCCC1. The van der Waals surface area contributed by atoms with Gasteiger partial charge in [0.25, 0.3) is 5.91 Å². The van der Waals surface area contributed by atoms with Gasteiger partial charge in [-0.05, 0) is 81.8 Å². The van der Waals surface area contributed by atoms with Crippen LogP contribution >= 0.6 is 0 Å². The highest BCUT2D eigenvalue weighted by molar-refractivity contribution is 7.91. The van der Waals surface area contributed by atoms with Crippen molar-refractivity contribution < 1.29 is 41.9 Å². The third-order valence-corrected chi connectivity index (χ3v) is 13.2. The highest BCUT2D eigenvalue weighted by atomic mass is 32.2. The minimum atomic E-state index is -3.89. The number of rotatable bonds is 6. The number of amides is 5. The number of ether oxygens (including phenoxy) is 2. The average Bonchev–Trinajstić information content (AvgIpc) is 4.00. The average molecular weight is 740 g/mol. The van der Waals surface area contributed by atoms with E-state index in [0.29, 0.717) is 51.6 Å². The van der Waals surface area contributed by atoms with Gasteiger partial charge in [0.1, 0.15) is 29.8 Å². The number of sulfonamides is 1. The maximum absolute atomic E-state index is 14.4. The fraction of sp³-hybridized carbons (Fsp3) is 0.649. The summed E-state index contributed by atoms with van der Waals surface area (Å²) >= 11 is 0. The molecule has 0 spiro atoms. The number of fused-ring (bicyclic) bond motifs is 3. The highest BCUT2D eigenvalue weighted by Gasteiger charge is 2.62. The molecule has 282 valence electrons. The van der Waals surface area contributed by atoms with E-state index < -0.39 is 74.8 Å². The van der Waals surface area contributed by atoms with Gasteiger partial charge in [-0.2, -0.15) is 0 Å². The number of carbonyl (C=O) groups is 5. The lowest BCUT2D eigenvalue weighted by Crippen LogP contribution is -2.58. The Kier molecular flexibility index (Phi) is 10.5. The van der Waals surface area contributed by atoms with Crippen LogP contribution in [0.4, 0.5) is 9.59 Å². The van der Waals surface area contributed by atoms with Gasteiger partial charge in [0.15, 0.2) is 0 Å². The van der Waals surface area contributed by atoms with Crippen LogP contribution in [0.5, 0.6) is 0 Å². The Morgan fingerprint density at radius 1 is 0.904 bits per heavy atom. The molecule has 52 heavy (non-hydrogen) atoms. The molecule has 0 bridgehead atoms. The van der Waals surface area contributed by atoms with Gasteiger partial charge in [-0.15, -0.1) is 0 Å². The molecule has 3 aliphatic carbocycles.